The molecule has 0 bridgehead atoms. The molecule has 0 aliphatic rings. The van der Waals surface area contributed by atoms with Crippen molar-refractivity contribution in [1.82, 2.24) is 0 Å². The minimum Gasteiger partial charge on any atom is -0.479 e. The highest BCUT2D eigenvalue weighted by Gasteiger charge is 2.19. The zero-order valence-corrected chi connectivity index (χ0v) is 21.3. The molecule has 0 aliphatic carbocycles. The molecule has 0 aliphatic heterocycles. The van der Waals surface area contributed by atoms with E-state index in [0.29, 0.717) is 22.3 Å². The van der Waals surface area contributed by atoms with E-state index in [1.165, 1.54) is 18.2 Å². The van der Waals surface area contributed by atoms with Crippen LogP contribution >= 0.6 is 0 Å². The molecule has 2 heterocycles. The molecule has 2 aromatic heterocycles. The Morgan fingerprint density at radius 3 is 1.62 bits per heavy atom. The van der Waals surface area contributed by atoms with Gasteiger partial charge in [-0.1, -0.05) is 60.7 Å². The molecule has 0 fully saturated rings. The number of esters is 1. The molecule has 196 valence electrons. The van der Waals surface area contributed by atoms with Crippen LogP contribution in [0.2, 0.25) is 0 Å². The van der Waals surface area contributed by atoms with E-state index in [1.807, 2.05) is 60.7 Å². The normalized spacial score (nSPS) is 11.8. The largest absolute Gasteiger partial charge is 0.479 e. The number of ether oxygens (including phenoxy) is 2. The molecule has 0 spiro atoms. The number of hydrogen-bond acceptors (Lipinski definition) is 7. The number of hydrogen-bond donors (Lipinski definition) is 0. The Labute approximate surface area is 227 Å². The van der Waals surface area contributed by atoms with Gasteiger partial charge in [-0.05, 0) is 53.4 Å². The lowest BCUT2D eigenvalue weighted by atomic mass is 10.0. The average Bonchev–Trinajstić information content (AvgIpc) is 2.96. The summed E-state index contributed by atoms with van der Waals surface area (Å²) >= 11 is 0. The average molecular weight is 531 g/mol. The first kappa shape index (κ1) is 24.9. The molecule has 40 heavy (non-hydrogen) atoms. The summed E-state index contributed by atoms with van der Waals surface area (Å²) in [4.78, 5) is 37.3. The summed E-state index contributed by atoms with van der Waals surface area (Å²) in [6.07, 6.45) is -0.986. The van der Waals surface area contributed by atoms with Crippen LogP contribution in [0.4, 0.5) is 0 Å². The van der Waals surface area contributed by atoms with Gasteiger partial charge in [0.2, 0.25) is 0 Å². The fraction of sp³-hybridized carbons (Fsp3) is 0.0606. The number of carbonyl (C=O) groups excluding carboxylic acids is 1. The Morgan fingerprint density at radius 2 is 1.10 bits per heavy atom. The van der Waals surface area contributed by atoms with E-state index in [2.05, 4.69) is 0 Å². The van der Waals surface area contributed by atoms with Gasteiger partial charge >= 0.3 is 17.2 Å². The monoisotopic (exact) mass is 530 g/mol. The van der Waals surface area contributed by atoms with Crippen LogP contribution in [0.25, 0.3) is 44.2 Å². The summed E-state index contributed by atoms with van der Waals surface area (Å²) in [6, 6.07) is 31.8. The smallest absolute Gasteiger partial charge is 0.352 e. The first-order valence-corrected chi connectivity index (χ1v) is 12.6. The minimum absolute atomic E-state index is 0.207. The van der Waals surface area contributed by atoms with Gasteiger partial charge in [-0.3, -0.25) is 0 Å². The highest BCUT2D eigenvalue weighted by atomic mass is 16.6. The number of carbonyl (C=O) groups is 1. The fourth-order valence-corrected chi connectivity index (χ4v) is 4.59. The van der Waals surface area contributed by atoms with E-state index < -0.39 is 23.3 Å². The van der Waals surface area contributed by atoms with Crippen molar-refractivity contribution in [3.63, 3.8) is 0 Å². The van der Waals surface area contributed by atoms with Gasteiger partial charge < -0.3 is 18.3 Å². The number of benzene rings is 4. The van der Waals surface area contributed by atoms with Crippen LogP contribution in [0.15, 0.2) is 128 Å². The van der Waals surface area contributed by atoms with Gasteiger partial charge in [0, 0.05) is 35.0 Å². The topological polar surface area (TPSA) is 96.0 Å². The second-order valence-electron chi connectivity index (χ2n) is 9.19. The maximum absolute atomic E-state index is 12.9. The molecule has 1 atom stereocenters. The minimum atomic E-state index is -0.986. The molecule has 6 rings (SSSR count). The molecule has 0 saturated heterocycles. The van der Waals surface area contributed by atoms with E-state index in [1.54, 1.807) is 37.3 Å². The van der Waals surface area contributed by atoms with Gasteiger partial charge in [-0.25, -0.2) is 14.4 Å². The van der Waals surface area contributed by atoms with Crippen molar-refractivity contribution in [1.29, 1.82) is 0 Å². The van der Waals surface area contributed by atoms with Crippen LogP contribution in [-0.2, 0) is 4.79 Å². The zero-order chi connectivity index (χ0) is 27.6. The van der Waals surface area contributed by atoms with E-state index >= 15 is 0 Å². The van der Waals surface area contributed by atoms with Crippen LogP contribution < -0.4 is 20.7 Å². The molecular weight excluding hydrogens is 508 g/mol. The van der Waals surface area contributed by atoms with Gasteiger partial charge in [0.1, 0.15) is 22.7 Å². The lowest BCUT2D eigenvalue weighted by molar-refractivity contribution is -0.141. The van der Waals surface area contributed by atoms with Crippen LogP contribution in [0.1, 0.15) is 6.92 Å². The molecule has 0 N–H and O–H groups in total. The Morgan fingerprint density at radius 1 is 0.625 bits per heavy atom. The molecule has 7 nitrogen and oxygen atoms in total. The highest BCUT2D eigenvalue weighted by Crippen LogP contribution is 2.31. The second kappa shape index (κ2) is 10.4. The maximum Gasteiger partial charge on any atom is 0.352 e. The second-order valence-corrected chi connectivity index (χ2v) is 9.19. The summed E-state index contributed by atoms with van der Waals surface area (Å²) in [5, 5.41) is 1.45. The Kier molecular flexibility index (Phi) is 6.46. The number of fused-ring (bicyclic) bond motifs is 2. The van der Waals surface area contributed by atoms with Gasteiger partial charge in [-0.2, -0.15) is 0 Å². The molecule has 7 heteroatoms. The Bertz CT molecular complexity index is 1970. The Hall–Kier alpha value is -5.43. The Balaban J connectivity index is 1.23. The van der Waals surface area contributed by atoms with Crippen molar-refractivity contribution in [3.8, 4) is 33.8 Å². The van der Waals surface area contributed by atoms with Crippen molar-refractivity contribution in [2.24, 2.45) is 0 Å². The van der Waals surface area contributed by atoms with Crippen molar-refractivity contribution in [2.45, 2.75) is 13.0 Å². The van der Waals surface area contributed by atoms with Gasteiger partial charge in [0.05, 0.1) is 0 Å². The summed E-state index contributed by atoms with van der Waals surface area (Å²) in [7, 11) is 0. The SMILES string of the molecule is C[C@H](Oc1ccc2c(-c3ccccc3)cc(=O)oc2c1)C(=O)Oc1ccc2c(-c3ccccc3)cc(=O)oc2c1. The molecule has 6 aromatic rings. The molecular formula is C33H22O7. The van der Waals surface area contributed by atoms with Crippen LogP contribution in [0, 0.1) is 0 Å². The lowest BCUT2D eigenvalue weighted by Gasteiger charge is -2.15. The fourth-order valence-electron chi connectivity index (χ4n) is 4.59. The first-order chi connectivity index (χ1) is 19.4. The standard InChI is InChI=1S/C33H22O7/c1-20(37-23-12-14-25-27(21-8-4-2-5-9-21)18-31(34)39-29(25)16-23)33(36)38-24-13-15-26-28(22-10-6-3-7-11-22)19-32(35)40-30(26)17-24/h2-20H,1H3/t20-/m0/s1. The molecule has 4 aromatic carbocycles. The predicted octanol–water partition coefficient (Wildman–Crippen LogP) is 6.61. The third-order valence-electron chi connectivity index (χ3n) is 6.46. The first-order valence-electron chi connectivity index (χ1n) is 12.6. The molecule has 0 saturated carbocycles. The number of rotatable bonds is 6. The van der Waals surface area contributed by atoms with E-state index in [0.717, 1.165) is 27.6 Å². The van der Waals surface area contributed by atoms with Crippen molar-refractivity contribution < 1.29 is 23.1 Å². The third kappa shape index (κ3) is 5.00. The van der Waals surface area contributed by atoms with Crippen LogP contribution in [0.5, 0.6) is 11.5 Å². The van der Waals surface area contributed by atoms with Gasteiger partial charge in [-0.15, -0.1) is 0 Å². The van der Waals surface area contributed by atoms with Crippen LogP contribution in [0.3, 0.4) is 0 Å². The molecule has 0 amide bonds. The van der Waals surface area contributed by atoms with Crippen molar-refractivity contribution >= 4 is 27.9 Å². The quantitative estimate of drug-likeness (QED) is 0.136. The van der Waals surface area contributed by atoms with E-state index in [-0.39, 0.29) is 5.75 Å². The zero-order valence-electron chi connectivity index (χ0n) is 21.3. The molecule has 0 radical (unpaired) electrons. The van der Waals surface area contributed by atoms with Crippen molar-refractivity contribution in [3.05, 3.63) is 130 Å². The van der Waals surface area contributed by atoms with Gasteiger partial charge in [0.15, 0.2) is 6.10 Å². The van der Waals surface area contributed by atoms with E-state index in [9.17, 15) is 14.4 Å². The summed E-state index contributed by atoms with van der Waals surface area (Å²) < 4.78 is 22.1. The molecule has 0 unspecified atom stereocenters. The summed E-state index contributed by atoms with van der Waals surface area (Å²) in [5.74, 6) is -0.110. The van der Waals surface area contributed by atoms with Gasteiger partial charge in [0.25, 0.3) is 0 Å². The van der Waals surface area contributed by atoms with Crippen molar-refractivity contribution in [2.75, 3.05) is 0 Å². The maximum atomic E-state index is 12.9. The van der Waals surface area contributed by atoms with E-state index in [4.69, 9.17) is 18.3 Å². The summed E-state index contributed by atoms with van der Waals surface area (Å²) in [6.45, 7) is 1.55. The highest BCUT2D eigenvalue weighted by molar-refractivity contribution is 5.95. The summed E-state index contributed by atoms with van der Waals surface area (Å²) in [5.41, 5.74) is 2.85. The third-order valence-corrected chi connectivity index (χ3v) is 6.46. The van der Waals surface area contributed by atoms with Crippen LogP contribution in [-0.4, -0.2) is 12.1 Å². The predicted molar refractivity (Wildman–Crippen MR) is 152 cm³/mol. The lowest BCUT2D eigenvalue weighted by Crippen LogP contribution is -2.28.